The quantitative estimate of drug-likeness (QED) is 0.324. The van der Waals surface area contributed by atoms with Crippen LogP contribution in [0.25, 0.3) is 10.4 Å². The van der Waals surface area contributed by atoms with Gasteiger partial charge in [-0.2, -0.15) is 0 Å². The minimum absolute atomic E-state index is 0.105. The summed E-state index contributed by atoms with van der Waals surface area (Å²) in [6.07, 6.45) is 9.73. The molecule has 3 aromatic rings. The molecular formula is C34H41ClN6O3S. The molecule has 3 heterocycles. The second kappa shape index (κ2) is 11.5. The van der Waals surface area contributed by atoms with Gasteiger partial charge in [0.15, 0.2) is 0 Å². The number of aryl methyl sites for hydroxylation is 1. The van der Waals surface area contributed by atoms with Crippen LogP contribution in [0.5, 0.6) is 0 Å². The molecule has 6 fully saturated rings. The second-order valence-corrected chi connectivity index (χ2v) is 15.7. The van der Waals surface area contributed by atoms with E-state index in [1.807, 2.05) is 48.4 Å². The van der Waals surface area contributed by atoms with E-state index in [-0.39, 0.29) is 36.7 Å². The van der Waals surface area contributed by atoms with Crippen LogP contribution in [-0.2, 0) is 9.59 Å². The molecule has 9 nitrogen and oxygen atoms in total. The minimum atomic E-state index is -0.765. The zero-order valence-electron chi connectivity index (χ0n) is 25.8. The largest absolute Gasteiger partial charge is 0.391 e. The van der Waals surface area contributed by atoms with Gasteiger partial charge in [0.2, 0.25) is 11.8 Å². The first-order valence-electron chi connectivity index (χ1n) is 16.6. The van der Waals surface area contributed by atoms with Crippen LogP contribution in [0.2, 0.25) is 5.02 Å². The fourth-order valence-corrected chi connectivity index (χ4v) is 10.5. The number of thiazole rings is 1. The first-order chi connectivity index (χ1) is 21.7. The molecule has 45 heavy (non-hydrogen) atoms. The van der Waals surface area contributed by atoms with E-state index in [1.165, 1.54) is 32.1 Å². The number of nitrogens with zero attached hydrogens (tertiary/aromatic N) is 5. The molecule has 5 aliphatic carbocycles. The maximum atomic E-state index is 14.7. The average molecular weight is 649 g/mol. The lowest BCUT2D eigenvalue weighted by Crippen LogP contribution is -2.54. The molecule has 4 atom stereocenters. The predicted octanol–water partition coefficient (Wildman–Crippen LogP) is 5.69. The van der Waals surface area contributed by atoms with E-state index in [1.54, 1.807) is 16.2 Å². The van der Waals surface area contributed by atoms with Crippen molar-refractivity contribution in [1.82, 2.24) is 30.2 Å². The number of amides is 2. The number of aliphatic hydroxyl groups excluding tert-OH is 1. The van der Waals surface area contributed by atoms with E-state index in [0.717, 1.165) is 52.1 Å². The fraction of sp³-hybridized carbons (Fsp3) is 0.618. The standard InChI is InChI=1S/C34H41ClN6O3S/c1-17(26-6-5-22(12-27(26)35)32-18(2)36-16-45-32)37-33(43)29-13-25(42)14-40(29)34(44)31(41-15-28(38-39-41)21-3-4-21)30-23-8-19-7-20(10-23)11-24(30)9-19/h5-6,12,15-17,19-21,23-25,29-31,42H,3-4,7-11,13-14H2,1-2H3,(H,37,43)/t17?,19?,20?,23?,24?,25-,29?,30?,31+/m1/s1. The summed E-state index contributed by atoms with van der Waals surface area (Å²) in [4.78, 5) is 35.7. The summed E-state index contributed by atoms with van der Waals surface area (Å²) in [7, 11) is 0. The van der Waals surface area contributed by atoms with Crippen molar-refractivity contribution in [2.24, 2.45) is 29.6 Å². The number of benzene rings is 1. The minimum Gasteiger partial charge on any atom is -0.391 e. The number of aliphatic hydroxyl groups is 1. The molecule has 4 bridgehead atoms. The topological polar surface area (TPSA) is 113 Å². The Labute approximate surface area is 272 Å². The van der Waals surface area contributed by atoms with E-state index in [9.17, 15) is 14.7 Å². The van der Waals surface area contributed by atoms with Gasteiger partial charge in [-0.05, 0) is 106 Å². The molecule has 2 unspecified atom stereocenters. The SMILES string of the molecule is Cc1ncsc1-c1ccc(C(C)NC(=O)C2C[C@@H](O)CN2C(=O)[C@H](C2C3CC4CC(C3)CC2C4)n2cc(C3CC3)nn2)c(Cl)c1. The number of nitrogens with one attached hydrogen (secondary N) is 1. The molecule has 1 aliphatic heterocycles. The Balaban J connectivity index is 1.04. The summed E-state index contributed by atoms with van der Waals surface area (Å²) in [5.74, 6) is 2.77. The van der Waals surface area contributed by atoms with Crippen molar-refractivity contribution in [3.05, 3.63) is 51.9 Å². The van der Waals surface area contributed by atoms with Gasteiger partial charge in [0.05, 0.1) is 33.9 Å². The summed E-state index contributed by atoms with van der Waals surface area (Å²) in [5.41, 5.74) is 5.53. The van der Waals surface area contributed by atoms with Crippen molar-refractivity contribution in [3.8, 4) is 10.4 Å². The summed E-state index contributed by atoms with van der Waals surface area (Å²) in [6, 6.07) is 4.21. The normalized spacial score (nSPS) is 31.7. The van der Waals surface area contributed by atoms with Gasteiger partial charge in [-0.15, -0.1) is 16.4 Å². The number of aromatic nitrogens is 4. The van der Waals surface area contributed by atoms with Crippen LogP contribution in [0.1, 0.15) is 93.2 Å². The van der Waals surface area contributed by atoms with Gasteiger partial charge in [-0.25, -0.2) is 9.67 Å². The van der Waals surface area contributed by atoms with E-state index in [2.05, 4.69) is 20.6 Å². The van der Waals surface area contributed by atoms with Crippen molar-refractivity contribution in [2.75, 3.05) is 6.54 Å². The molecule has 2 aromatic heterocycles. The van der Waals surface area contributed by atoms with Crippen LogP contribution in [-0.4, -0.2) is 60.5 Å². The van der Waals surface area contributed by atoms with E-state index in [4.69, 9.17) is 11.6 Å². The Morgan fingerprint density at radius 2 is 1.82 bits per heavy atom. The van der Waals surface area contributed by atoms with Crippen LogP contribution in [0, 0.1) is 36.5 Å². The molecular weight excluding hydrogens is 608 g/mol. The number of rotatable bonds is 8. The highest BCUT2D eigenvalue weighted by Crippen LogP contribution is 2.59. The van der Waals surface area contributed by atoms with Crippen LogP contribution < -0.4 is 5.32 Å². The lowest BCUT2D eigenvalue weighted by molar-refractivity contribution is -0.148. The van der Waals surface area contributed by atoms with E-state index >= 15 is 0 Å². The first-order valence-corrected chi connectivity index (χ1v) is 17.9. The van der Waals surface area contributed by atoms with Crippen molar-refractivity contribution in [1.29, 1.82) is 0 Å². The van der Waals surface area contributed by atoms with Crippen LogP contribution in [0.15, 0.2) is 29.9 Å². The smallest absolute Gasteiger partial charge is 0.248 e. The highest BCUT2D eigenvalue weighted by Gasteiger charge is 2.55. The molecule has 238 valence electrons. The van der Waals surface area contributed by atoms with E-state index < -0.39 is 18.2 Å². The Morgan fingerprint density at radius 1 is 1.09 bits per heavy atom. The molecule has 9 rings (SSSR count). The number of hydrogen-bond acceptors (Lipinski definition) is 7. The number of hydrogen-bond donors (Lipinski definition) is 2. The van der Waals surface area contributed by atoms with Gasteiger partial charge in [0.25, 0.3) is 0 Å². The second-order valence-electron chi connectivity index (χ2n) is 14.5. The molecule has 6 aliphatic rings. The number of β-amino-alcohol motifs (C(OH)–C–C–N with tert-alkyl or cyclic N) is 1. The summed E-state index contributed by atoms with van der Waals surface area (Å²) < 4.78 is 1.83. The van der Waals surface area contributed by atoms with Crippen LogP contribution in [0.4, 0.5) is 0 Å². The van der Waals surface area contributed by atoms with Gasteiger partial charge in [0.1, 0.15) is 12.1 Å². The summed E-state index contributed by atoms with van der Waals surface area (Å²) >= 11 is 8.30. The Morgan fingerprint density at radius 3 is 2.47 bits per heavy atom. The molecule has 11 heteroatoms. The lowest BCUT2D eigenvalue weighted by atomic mass is 9.50. The number of likely N-dealkylation sites (tertiary alicyclic amines) is 1. The average Bonchev–Trinajstić information content (AvgIpc) is 3.37. The molecule has 2 N–H and O–H groups in total. The lowest BCUT2D eigenvalue weighted by Gasteiger charge is -2.56. The third-order valence-electron chi connectivity index (χ3n) is 11.4. The number of carbonyl (C=O) groups is 2. The highest BCUT2D eigenvalue weighted by atomic mass is 35.5. The Kier molecular flexibility index (Phi) is 7.53. The first kappa shape index (κ1) is 29.6. The van der Waals surface area contributed by atoms with Crippen molar-refractivity contribution >= 4 is 34.8 Å². The Bertz CT molecular complexity index is 1590. The van der Waals surface area contributed by atoms with Gasteiger partial charge in [0, 0.05) is 30.1 Å². The molecule has 0 spiro atoms. The van der Waals surface area contributed by atoms with Crippen LogP contribution >= 0.6 is 22.9 Å². The van der Waals surface area contributed by atoms with Crippen LogP contribution in [0.3, 0.4) is 0 Å². The molecule has 0 radical (unpaired) electrons. The molecule has 1 saturated heterocycles. The fourth-order valence-electron chi connectivity index (χ4n) is 9.39. The summed E-state index contributed by atoms with van der Waals surface area (Å²) in [6.45, 7) is 4.02. The van der Waals surface area contributed by atoms with Gasteiger partial charge >= 0.3 is 0 Å². The highest BCUT2D eigenvalue weighted by molar-refractivity contribution is 7.13. The van der Waals surface area contributed by atoms with Crippen molar-refractivity contribution in [2.45, 2.75) is 95.4 Å². The number of carbonyl (C=O) groups excluding carboxylic acids is 2. The van der Waals surface area contributed by atoms with Gasteiger partial charge in [-0.1, -0.05) is 28.9 Å². The molecule has 2 amide bonds. The summed E-state index contributed by atoms with van der Waals surface area (Å²) in [5, 5.41) is 23.6. The van der Waals surface area contributed by atoms with Gasteiger partial charge < -0.3 is 15.3 Å². The third-order valence-corrected chi connectivity index (χ3v) is 12.7. The zero-order chi connectivity index (χ0) is 31.0. The zero-order valence-corrected chi connectivity index (χ0v) is 27.4. The maximum Gasteiger partial charge on any atom is 0.248 e. The predicted molar refractivity (Wildman–Crippen MR) is 172 cm³/mol. The Hall–Kier alpha value is -2.82. The van der Waals surface area contributed by atoms with Crippen molar-refractivity contribution < 1.29 is 14.7 Å². The molecule has 5 saturated carbocycles. The van der Waals surface area contributed by atoms with Gasteiger partial charge in [-0.3, -0.25) is 9.59 Å². The van der Waals surface area contributed by atoms with E-state index in [0.29, 0.717) is 22.8 Å². The third kappa shape index (κ3) is 5.40. The monoisotopic (exact) mass is 648 g/mol. The number of halogens is 1. The van der Waals surface area contributed by atoms with Crippen molar-refractivity contribution in [3.63, 3.8) is 0 Å². The molecule has 1 aromatic carbocycles. The maximum absolute atomic E-state index is 14.7.